The Hall–Kier alpha value is -5.68. The first kappa shape index (κ1) is 92.5. The number of aryl methyl sites for hydroxylation is 3. The molecule has 0 atom stereocenters. The van der Waals surface area contributed by atoms with Gasteiger partial charge in [-0.2, -0.15) is 224 Å². The van der Waals surface area contributed by atoms with Crippen molar-refractivity contribution in [2.45, 2.75) is 201 Å². The van der Waals surface area contributed by atoms with Crippen molar-refractivity contribution in [1.82, 2.24) is 0 Å². The van der Waals surface area contributed by atoms with Gasteiger partial charge in [0, 0.05) is 35.2 Å². The molecule has 0 saturated carbocycles. The van der Waals surface area contributed by atoms with Gasteiger partial charge in [0.05, 0.1) is 0 Å². The maximum Gasteiger partial charge on any atom is 0.460 e. The van der Waals surface area contributed by atoms with Crippen molar-refractivity contribution in [3.8, 4) is 0 Å². The van der Waals surface area contributed by atoms with Gasteiger partial charge in [0.25, 0.3) is 0 Å². The molecule has 0 N–H and O–H groups in total. The minimum Gasteiger partial charge on any atom is -0.309 e. The first-order chi connectivity index (χ1) is 45.3. The van der Waals surface area contributed by atoms with Crippen LogP contribution in [0.5, 0.6) is 0 Å². The van der Waals surface area contributed by atoms with Crippen LogP contribution in [0.1, 0.15) is 55.2 Å². The van der Waals surface area contributed by atoms with Gasteiger partial charge in [0.2, 0.25) is 0 Å². The Kier molecular flexibility index (Phi) is 23.9. The predicted octanol–water partition coefficient (Wildman–Crippen LogP) is 22.3. The SMILES string of the molecule is O=P(c1ccc(CCCC(F)(F)C(F)(F)C(F)(F)C(F)(F)C(F)(F)C(F)(F)C(F)(F)C(F)(F)F)cc1)(c1ccc(CCCC(F)(F)C(F)(F)C(F)(F)C(F)(F)C(F)(F)C(F)(F)C(F)(F)C(F)(F)F)cc1)c1ccc(CCCC(F)(F)C(F)(F)C(F)(F)C(F)(F)C(F)(F)C(F)(F)C(F)(F)C(F)(F)F)cc1. The number of hydrogen-bond acceptors (Lipinski definition) is 1. The van der Waals surface area contributed by atoms with Gasteiger partial charge >= 0.3 is 143 Å². The summed E-state index contributed by atoms with van der Waals surface area (Å²) < 4.78 is 718. The molecule has 0 radical (unpaired) electrons. The highest BCUT2D eigenvalue weighted by atomic mass is 31.2. The number of halogens is 51. The molecule has 53 heteroatoms. The van der Waals surface area contributed by atoms with Gasteiger partial charge < -0.3 is 4.57 Å². The van der Waals surface area contributed by atoms with Crippen molar-refractivity contribution < 1.29 is 228 Å². The molecule has 3 rings (SSSR count). The van der Waals surface area contributed by atoms with E-state index in [0.29, 0.717) is 72.8 Å². The summed E-state index contributed by atoms with van der Waals surface area (Å²) in [5.74, 6) is -178. The van der Waals surface area contributed by atoms with Crippen LogP contribution in [0.2, 0.25) is 0 Å². The summed E-state index contributed by atoms with van der Waals surface area (Å²) in [6.07, 6.45) is -43.1. The van der Waals surface area contributed by atoms with Crippen LogP contribution in [0.25, 0.3) is 0 Å². The van der Waals surface area contributed by atoms with E-state index in [1.807, 2.05) is 0 Å². The van der Waals surface area contributed by atoms with Crippen molar-refractivity contribution in [3.05, 3.63) is 89.5 Å². The summed E-state index contributed by atoms with van der Waals surface area (Å²) in [6, 6.07) is 5.79. The number of rotatable bonds is 33. The molecule has 104 heavy (non-hydrogen) atoms. The zero-order valence-electron chi connectivity index (χ0n) is 48.4. The average molecular weight is 1660 g/mol. The molecule has 0 bridgehead atoms. The lowest BCUT2D eigenvalue weighted by Crippen LogP contribution is -2.74. The molecule has 0 aliphatic carbocycles. The molecule has 0 saturated heterocycles. The third-order valence-electron chi connectivity index (χ3n) is 15.1. The van der Waals surface area contributed by atoms with Gasteiger partial charge in [0.15, 0.2) is 7.14 Å². The van der Waals surface area contributed by atoms with Crippen LogP contribution in [0, 0.1) is 0 Å². The Labute approximate surface area is 541 Å². The standard InChI is InChI=1S/C51H30F51OP/c52-28(53,31(58,59)34(64,65)37(70,71)40(76,77)43(82,83)46(88,89)49(94,95)96)19-1-4-22-7-13-25(14-8-22)104(103,26-15-9-23(10-16-26)5-2-20-29(54,55)32(60,61)35(66,67)38(72,73)41(78,79)44(84,85)47(90,91)50(97,98)99)27-17-11-24(12-18-27)6-3-21-30(56,57)33(62,63)36(68,69)39(74,75)42(80,81)45(86,87)48(92,93)51(100,101)102/h7-18H,1-6,19-21H2. The highest BCUT2D eigenvalue weighted by Crippen LogP contribution is 2.69. The molecule has 3 aromatic carbocycles. The van der Waals surface area contributed by atoms with E-state index in [0.717, 1.165) is 0 Å². The van der Waals surface area contributed by atoms with Crippen molar-refractivity contribution in [1.29, 1.82) is 0 Å². The lowest BCUT2D eigenvalue weighted by atomic mass is 9.87. The fourth-order valence-electron chi connectivity index (χ4n) is 8.67. The second-order valence-electron chi connectivity index (χ2n) is 22.1. The van der Waals surface area contributed by atoms with Crippen LogP contribution in [-0.2, 0) is 23.8 Å². The Morgan fingerprint density at radius 1 is 0.183 bits per heavy atom. The van der Waals surface area contributed by atoms with E-state index in [1.54, 1.807) is 0 Å². The second-order valence-corrected chi connectivity index (χ2v) is 24.9. The van der Waals surface area contributed by atoms with Crippen LogP contribution in [-0.4, -0.2) is 143 Å². The summed E-state index contributed by atoms with van der Waals surface area (Å²) in [5, 5.41) is -2.45. The Morgan fingerprint density at radius 2 is 0.308 bits per heavy atom. The summed E-state index contributed by atoms with van der Waals surface area (Å²) >= 11 is 0. The van der Waals surface area contributed by atoms with Crippen molar-refractivity contribution >= 4 is 23.1 Å². The third-order valence-corrected chi connectivity index (χ3v) is 18.2. The number of alkyl halides is 51. The molecule has 0 spiro atoms. The predicted molar refractivity (Wildman–Crippen MR) is 247 cm³/mol. The Morgan fingerprint density at radius 3 is 0.442 bits per heavy atom. The summed E-state index contributed by atoms with van der Waals surface area (Å²) in [5.41, 5.74) is -2.08. The van der Waals surface area contributed by atoms with E-state index >= 15 is 4.57 Å². The molecule has 0 unspecified atom stereocenters. The monoisotopic (exact) mass is 1660 g/mol. The molecule has 0 heterocycles. The molecule has 0 aliphatic rings. The molecular formula is C51H30F51OP. The molecule has 602 valence electrons. The molecular weight excluding hydrogens is 1630 g/mol. The normalized spacial score (nSPS) is 16.0. The van der Waals surface area contributed by atoms with Gasteiger partial charge in [-0.05, 0) is 55.2 Å². The van der Waals surface area contributed by atoms with E-state index in [-0.39, 0.29) is 0 Å². The zero-order chi connectivity index (χ0) is 82.8. The summed E-state index contributed by atoms with van der Waals surface area (Å²) in [7, 11) is -5.09. The summed E-state index contributed by atoms with van der Waals surface area (Å²) in [4.78, 5) is 0. The quantitative estimate of drug-likeness (QED) is 0.0439. The van der Waals surface area contributed by atoms with Crippen molar-refractivity contribution in [2.75, 3.05) is 0 Å². The molecule has 1 nitrogen and oxygen atoms in total. The largest absolute Gasteiger partial charge is 0.460 e. The second kappa shape index (κ2) is 26.9. The van der Waals surface area contributed by atoms with E-state index in [9.17, 15) is 224 Å². The van der Waals surface area contributed by atoms with Gasteiger partial charge in [-0.15, -0.1) is 0 Å². The minimum absolute atomic E-state index is 0.479. The molecule has 0 aromatic heterocycles. The van der Waals surface area contributed by atoms with Crippen LogP contribution >= 0.6 is 7.14 Å². The van der Waals surface area contributed by atoms with Gasteiger partial charge in [0.1, 0.15) is 0 Å². The van der Waals surface area contributed by atoms with Gasteiger partial charge in [-0.1, -0.05) is 72.8 Å². The highest BCUT2D eigenvalue weighted by Gasteiger charge is 2.98. The molecule has 0 aliphatic heterocycles. The van der Waals surface area contributed by atoms with E-state index in [4.69, 9.17) is 0 Å². The average Bonchev–Trinajstić information content (AvgIpc) is 0.705. The van der Waals surface area contributed by atoms with E-state index in [1.165, 1.54) is 0 Å². The van der Waals surface area contributed by atoms with E-state index < -0.39 is 240 Å². The van der Waals surface area contributed by atoms with Crippen molar-refractivity contribution in [3.63, 3.8) is 0 Å². The molecule has 3 aromatic rings. The summed E-state index contributed by atoms with van der Waals surface area (Å²) in [6.45, 7) is 0. The van der Waals surface area contributed by atoms with Gasteiger partial charge in [-0.25, -0.2) is 0 Å². The van der Waals surface area contributed by atoms with Crippen LogP contribution in [0.15, 0.2) is 72.8 Å². The highest BCUT2D eigenvalue weighted by molar-refractivity contribution is 7.85. The van der Waals surface area contributed by atoms with Gasteiger partial charge in [-0.3, -0.25) is 0 Å². The van der Waals surface area contributed by atoms with Crippen LogP contribution in [0.3, 0.4) is 0 Å². The number of benzene rings is 3. The Balaban J connectivity index is 2.11. The lowest BCUT2D eigenvalue weighted by molar-refractivity contribution is -0.461. The maximum atomic E-state index is 15.2. The molecule has 0 amide bonds. The zero-order valence-corrected chi connectivity index (χ0v) is 49.3. The first-order valence-corrected chi connectivity index (χ1v) is 28.0. The number of hydrogen-bond donors (Lipinski definition) is 0. The fraction of sp³-hybridized carbons (Fsp3) is 0.647. The van der Waals surface area contributed by atoms with Crippen LogP contribution in [0.4, 0.5) is 224 Å². The topological polar surface area (TPSA) is 17.1 Å². The first-order valence-electron chi connectivity index (χ1n) is 26.3. The third kappa shape index (κ3) is 13.7. The van der Waals surface area contributed by atoms with E-state index in [2.05, 4.69) is 0 Å². The fourth-order valence-corrected chi connectivity index (χ4v) is 11.3. The smallest absolute Gasteiger partial charge is 0.309 e. The lowest BCUT2D eigenvalue weighted by Gasteiger charge is -2.42. The minimum atomic E-state index is -9.01. The van der Waals surface area contributed by atoms with Crippen molar-refractivity contribution in [2.24, 2.45) is 0 Å². The maximum absolute atomic E-state index is 15.2. The molecule has 0 fully saturated rings. The Bertz CT molecular complexity index is 3120. The van der Waals surface area contributed by atoms with Crippen LogP contribution < -0.4 is 15.9 Å².